The van der Waals surface area contributed by atoms with Crippen LogP contribution in [0, 0.1) is 0 Å². The van der Waals surface area contributed by atoms with Crippen molar-refractivity contribution in [3.05, 3.63) is 44.4 Å². The van der Waals surface area contributed by atoms with Crippen LogP contribution in [0.3, 0.4) is 0 Å². The molecular formula is C12H6Cl4O3. The fourth-order valence-corrected chi connectivity index (χ4v) is 1.94. The van der Waals surface area contributed by atoms with Crippen molar-refractivity contribution in [1.29, 1.82) is 0 Å². The Morgan fingerprint density at radius 3 is 1.32 bits per heavy atom. The van der Waals surface area contributed by atoms with Crippen molar-refractivity contribution in [3.8, 4) is 23.0 Å². The van der Waals surface area contributed by atoms with Gasteiger partial charge in [0.05, 0.1) is 20.1 Å². The van der Waals surface area contributed by atoms with Crippen molar-refractivity contribution in [2.45, 2.75) is 0 Å². The Balaban J connectivity index is 2.42. The molecule has 3 nitrogen and oxygen atoms in total. The summed E-state index contributed by atoms with van der Waals surface area (Å²) < 4.78 is 5.33. The van der Waals surface area contributed by atoms with Gasteiger partial charge in [0.15, 0.2) is 23.0 Å². The first-order valence-electron chi connectivity index (χ1n) is 4.92. The predicted octanol–water partition coefficient (Wildman–Crippen LogP) is 5.50. The maximum absolute atomic E-state index is 9.68. The van der Waals surface area contributed by atoms with Crippen LogP contribution < -0.4 is 4.74 Å². The lowest BCUT2D eigenvalue weighted by molar-refractivity contribution is 0.385. The smallest absolute Gasteiger partial charge is 0.170 e. The van der Waals surface area contributed by atoms with Gasteiger partial charge >= 0.3 is 0 Å². The molecule has 0 radical (unpaired) electrons. The third-order valence-corrected chi connectivity index (χ3v) is 3.67. The summed E-state index contributed by atoms with van der Waals surface area (Å²) in [7, 11) is 0. The maximum atomic E-state index is 9.68. The topological polar surface area (TPSA) is 49.7 Å². The van der Waals surface area contributed by atoms with Crippen LogP contribution in [0.2, 0.25) is 20.1 Å². The molecule has 0 unspecified atom stereocenters. The molecule has 2 N–H and O–H groups in total. The van der Waals surface area contributed by atoms with Crippen LogP contribution in [-0.4, -0.2) is 10.2 Å². The molecule has 0 aliphatic heterocycles. The van der Waals surface area contributed by atoms with E-state index in [0.717, 1.165) is 0 Å². The Hall–Kier alpha value is -1.00. The minimum atomic E-state index is -0.222. The van der Waals surface area contributed by atoms with Crippen molar-refractivity contribution >= 4 is 46.4 Å². The zero-order valence-electron chi connectivity index (χ0n) is 9.12. The highest BCUT2D eigenvalue weighted by atomic mass is 35.5. The number of phenols is 2. The molecule has 0 aliphatic carbocycles. The van der Waals surface area contributed by atoms with E-state index in [1.165, 1.54) is 24.3 Å². The van der Waals surface area contributed by atoms with Crippen molar-refractivity contribution in [2.24, 2.45) is 0 Å². The molecule has 0 amide bonds. The lowest BCUT2D eigenvalue weighted by Gasteiger charge is -2.11. The molecule has 0 saturated heterocycles. The molecule has 0 aromatic heterocycles. The van der Waals surface area contributed by atoms with Crippen LogP contribution in [0.4, 0.5) is 0 Å². The van der Waals surface area contributed by atoms with Gasteiger partial charge in [-0.25, -0.2) is 0 Å². The Bertz CT molecular complexity index is 588. The molecule has 2 aromatic carbocycles. The number of ether oxygens (including phenoxy) is 1. The van der Waals surface area contributed by atoms with Crippen molar-refractivity contribution in [1.82, 2.24) is 0 Å². The first-order chi connectivity index (χ1) is 8.88. The summed E-state index contributed by atoms with van der Waals surface area (Å²) in [6.07, 6.45) is 0. The molecule has 0 saturated carbocycles. The van der Waals surface area contributed by atoms with Crippen LogP contribution in [0.15, 0.2) is 24.3 Å². The SMILES string of the molecule is Oc1cc(Cl)c(Cl)cc1Oc1cc(Cl)c(Cl)cc1O. The van der Waals surface area contributed by atoms with E-state index >= 15 is 0 Å². The van der Waals surface area contributed by atoms with Gasteiger partial charge in [0.2, 0.25) is 0 Å². The summed E-state index contributed by atoms with van der Waals surface area (Å²) in [6, 6.07) is 5.10. The maximum Gasteiger partial charge on any atom is 0.170 e. The summed E-state index contributed by atoms with van der Waals surface area (Å²) in [4.78, 5) is 0. The molecule has 0 aliphatic rings. The zero-order valence-corrected chi connectivity index (χ0v) is 12.1. The molecule has 7 heteroatoms. The third-order valence-electron chi connectivity index (χ3n) is 2.22. The molecule has 0 heterocycles. The minimum absolute atomic E-state index is 0.0306. The average molecular weight is 340 g/mol. The first-order valence-corrected chi connectivity index (χ1v) is 6.43. The number of benzene rings is 2. The summed E-state index contributed by atoms with van der Waals surface area (Å²) in [6.45, 7) is 0. The van der Waals surface area contributed by atoms with E-state index < -0.39 is 0 Å². The lowest BCUT2D eigenvalue weighted by Crippen LogP contribution is -1.87. The molecule has 2 rings (SSSR count). The zero-order chi connectivity index (χ0) is 14.2. The molecule has 0 bridgehead atoms. The molecule has 2 aromatic rings. The monoisotopic (exact) mass is 338 g/mol. The number of aromatic hydroxyl groups is 2. The Morgan fingerprint density at radius 1 is 0.632 bits per heavy atom. The Labute approximate surface area is 128 Å². The summed E-state index contributed by atoms with van der Waals surface area (Å²) in [5.74, 6) is -0.383. The van der Waals surface area contributed by atoms with Gasteiger partial charge in [0.25, 0.3) is 0 Å². The quantitative estimate of drug-likeness (QED) is 0.759. The number of halogens is 4. The van der Waals surface area contributed by atoms with Crippen LogP contribution >= 0.6 is 46.4 Å². The normalized spacial score (nSPS) is 10.5. The van der Waals surface area contributed by atoms with Crippen LogP contribution in [-0.2, 0) is 0 Å². The van der Waals surface area contributed by atoms with Crippen molar-refractivity contribution in [3.63, 3.8) is 0 Å². The fourth-order valence-electron chi connectivity index (χ4n) is 1.32. The molecule has 0 spiro atoms. The van der Waals surface area contributed by atoms with Gasteiger partial charge in [-0.1, -0.05) is 46.4 Å². The van der Waals surface area contributed by atoms with E-state index in [1.54, 1.807) is 0 Å². The van der Waals surface area contributed by atoms with Gasteiger partial charge in [0, 0.05) is 24.3 Å². The molecular weight excluding hydrogens is 334 g/mol. The average Bonchev–Trinajstić information content (AvgIpc) is 2.32. The first kappa shape index (κ1) is 14.4. The predicted molar refractivity (Wildman–Crippen MR) is 76.3 cm³/mol. The number of hydrogen-bond donors (Lipinski definition) is 2. The van der Waals surface area contributed by atoms with E-state index in [9.17, 15) is 10.2 Å². The lowest BCUT2D eigenvalue weighted by atomic mass is 10.3. The summed E-state index contributed by atoms with van der Waals surface area (Å²) >= 11 is 23.1. The third kappa shape index (κ3) is 3.12. The number of hydrogen-bond acceptors (Lipinski definition) is 3. The van der Waals surface area contributed by atoms with Crippen LogP contribution in [0.1, 0.15) is 0 Å². The van der Waals surface area contributed by atoms with Gasteiger partial charge in [-0.15, -0.1) is 0 Å². The van der Waals surface area contributed by atoms with E-state index in [0.29, 0.717) is 0 Å². The van der Waals surface area contributed by atoms with Gasteiger partial charge in [-0.2, -0.15) is 0 Å². The van der Waals surface area contributed by atoms with Crippen molar-refractivity contribution < 1.29 is 14.9 Å². The van der Waals surface area contributed by atoms with E-state index in [-0.39, 0.29) is 43.1 Å². The Morgan fingerprint density at radius 2 is 0.947 bits per heavy atom. The van der Waals surface area contributed by atoms with E-state index in [4.69, 9.17) is 51.1 Å². The van der Waals surface area contributed by atoms with Crippen molar-refractivity contribution in [2.75, 3.05) is 0 Å². The Kier molecular flexibility index (Phi) is 4.21. The number of rotatable bonds is 2. The second-order valence-electron chi connectivity index (χ2n) is 3.57. The van der Waals surface area contributed by atoms with Gasteiger partial charge in [0.1, 0.15) is 0 Å². The summed E-state index contributed by atoms with van der Waals surface area (Å²) in [5.41, 5.74) is 0. The molecule has 100 valence electrons. The van der Waals surface area contributed by atoms with E-state index in [1.807, 2.05) is 0 Å². The van der Waals surface area contributed by atoms with Gasteiger partial charge in [-0.05, 0) is 0 Å². The standard InChI is InChI=1S/C12H6Cl4O3/c13-5-1-9(17)11(3-7(5)15)19-12-4-8(16)6(14)2-10(12)18/h1-4,17-18H. The summed E-state index contributed by atoms with van der Waals surface area (Å²) in [5, 5.41) is 20.1. The van der Waals surface area contributed by atoms with Gasteiger partial charge < -0.3 is 14.9 Å². The highest BCUT2D eigenvalue weighted by Crippen LogP contribution is 2.42. The molecule has 0 fully saturated rings. The fraction of sp³-hybridized carbons (Fsp3) is 0. The second-order valence-corrected chi connectivity index (χ2v) is 5.20. The van der Waals surface area contributed by atoms with Crippen LogP contribution in [0.5, 0.6) is 23.0 Å². The minimum Gasteiger partial charge on any atom is -0.504 e. The van der Waals surface area contributed by atoms with Gasteiger partial charge in [-0.3, -0.25) is 0 Å². The van der Waals surface area contributed by atoms with Crippen LogP contribution in [0.25, 0.3) is 0 Å². The highest BCUT2D eigenvalue weighted by Gasteiger charge is 2.13. The highest BCUT2D eigenvalue weighted by molar-refractivity contribution is 6.42. The van der Waals surface area contributed by atoms with E-state index in [2.05, 4.69) is 0 Å². The largest absolute Gasteiger partial charge is 0.504 e. The molecule has 0 atom stereocenters. The second kappa shape index (κ2) is 5.55. The molecule has 19 heavy (non-hydrogen) atoms. The number of phenolic OH excluding ortho intramolecular Hbond substituents is 2.